The van der Waals surface area contributed by atoms with Gasteiger partial charge >= 0.3 is 5.97 Å². The summed E-state index contributed by atoms with van der Waals surface area (Å²) in [6.45, 7) is 2.62. The topological polar surface area (TPSA) is 40.5 Å². The summed E-state index contributed by atoms with van der Waals surface area (Å²) < 4.78 is 0. The third-order valence-electron chi connectivity index (χ3n) is 3.53. The Balaban J connectivity index is 1.76. The lowest BCUT2D eigenvalue weighted by Gasteiger charge is -2.25. The summed E-state index contributed by atoms with van der Waals surface area (Å²) >= 11 is 7.84. The number of nitrogens with zero attached hydrogens (tertiary/aromatic N) is 1. The molecule has 0 saturated heterocycles. The van der Waals surface area contributed by atoms with Crippen LogP contribution < -0.4 is 0 Å². The molecule has 0 heterocycles. The Morgan fingerprint density at radius 1 is 1.50 bits per heavy atom. The molecule has 1 N–H and O–H groups in total. The molecule has 0 spiro atoms. The smallest absolute Gasteiger partial charge is 0.320 e. The van der Waals surface area contributed by atoms with E-state index in [0.29, 0.717) is 6.04 Å². The first-order valence-corrected chi connectivity index (χ1v) is 8.32. The molecule has 1 fully saturated rings. The van der Waals surface area contributed by atoms with Crippen LogP contribution in [0.15, 0.2) is 29.2 Å². The number of halogens is 1. The van der Waals surface area contributed by atoms with Crippen molar-refractivity contribution >= 4 is 29.3 Å². The van der Waals surface area contributed by atoms with Crippen LogP contribution in [-0.4, -0.2) is 40.4 Å². The third kappa shape index (κ3) is 4.40. The number of carboxylic acid groups (broad SMARTS) is 1. The van der Waals surface area contributed by atoms with Crippen molar-refractivity contribution in [3.63, 3.8) is 0 Å². The summed E-state index contributed by atoms with van der Waals surface area (Å²) in [5, 5.41) is 9.92. The van der Waals surface area contributed by atoms with Crippen molar-refractivity contribution < 1.29 is 9.90 Å². The van der Waals surface area contributed by atoms with Gasteiger partial charge in [0, 0.05) is 17.5 Å². The van der Waals surface area contributed by atoms with Crippen LogP contribution in [0.25, 0.3) is 0 Å². The summed E-state index contributed by atoms with van der Waals surface area (Å²) in [5.74, 6) is 0.231. The second kappa shape index (κ2) is 7.34. The first-order chi connectivity index (χ1) is 9.59. The van der Waals surface area contributed by atoms with Gasteiger partial charge in [-0.2, -0.15) is 0 Å². The number of carbonyl (C=O) groups is 1. The Morgan fingerprint density at radius 2 is 2.20 bits per heavy atom. The maximum Gasteiger partial charge on any atom is 0.320 e. The third-order valence-corrected chi connectivity index (χ3v) is 5.13. The highest BCUT2D eigenvalue weighted by atomic mass is 35.5. The first-order valence-electron chi connectivity index (χ1n) is 6.95. The highest BCUT2D eigenvalue weighted by molar-refractivity contribution is 7.99. The van der Waals surface area contributed by atoms with Gasteiger partial charge in [-0.25, -0.2) is 0 Å². The molecule has 0 bridgehead atoms. The van der Waals surface area contributed by atoms with Crippen molar-refractivity contribution in [2.24, 2.45) is 0 Å². The quantitative estimate of drug-likeness (QED) is 0.586. The SMILES string of the molecule is CC(C(=O)O)N(CCCSc1ccccc1Cl)C1CC1. The van der Waals surface area contributed by atoms with E-state index in [1.54, 1.807) is 18.7 Å². The van der Waals surface area contributed by atoms with Gasteiger partial charge in [0.05, 0.1) is 5.02 Å². The van der Waals surface area contributed by atoms with Crippen LogP contribution in [0.3, 0.4) is 0 Å². The van der Waals surface area contributed by atoms with Crippen LogP contribution in [0.5, 0.6) is 0 Å². The van der Waals surface area contributed by atoms with Gasteiger partial charge in [-0.05, 0) is 44.1 Å². The molecule has 5 heteroatoms. The molecule has 0 aliphatic heterocycles. The van der Waals surface area contributed by atoms with E-state index in [2.05, 4.69) is 4.90 Å². The Labute approximate surface area is 129 Å². The number of hydrogen-bond acceptors (Lipinski definition) is 3. The maximum atomic E-state index is 11.1. The monoisotopic (exact) mass is 313 g/mol. The van der Waals surface area contributed by atoms with Gasteiger partial charge in [-0.15, -0.1) is 11.8 Å². The average molecular weight is 314 g/mol. The number of rotatable bonds is 8. The summed E-state index contributed by atoms with van der Waals surface area (Å²) in [6, 6.07) is 7.92. The lowest BCUT2D eigenvalue weighted by atomic mass is 10.2. The van der Waals surface area contributed by atoms with E-state index in [1.807, 2.05) is 24.3 Å². The van der Waals surface area contributed by atoms with Gasteiger partial charge in [-0.3, -0.25) is 9.69 Å². The Kier molecular flexibility index (Phi) is 5.75. The summed E-state index contributed by atoms with van der Waals surface area (Å²) in [5.41, 5.74) is 0. The molecule has 110 valence electrons. The van der Waals surface area contributed by atoms with Crippen LogP contribution >= 0.6 is 23.4 Å². The van der Waals surface area contributed by atoms with E-state index < -0.39 is 5.97 Å². The van der Waals surface area contributed by atoms with E-state index in [4.69, 9.17) is 16.7 Å². The van der Waals surface area contributed by atoms with Gasteiger partial charge in [0.15, 0.2) is 0 Å². The lowest BCUT2D eigenvalue weighted by molar-refractivity contribution is -0.142. The van der Waals surface area contributed by atoms with Crippen molar-refractivity contribution in [1.29, 1.82) is 0 Å². The maximum absolute atomic E-state index is 11.1. The second-order valence-corrected chi connectivity index (χ2v) is 6.66. The van der Waals surface area contributed by atoms with Crippen LogP contribution in [0, 0.1) is 0 Å². The predicted molar refractivity (Wildman–Crippen MR) is 83.6 cm³/mol. The Hall–Kier alpha value is -0.710. The molecule has 2 rings (SSSR count). The highest BCUT2D eigenvalue weighted by Crippen LogP contribution is 2.30. The molecule has 1 aliphatic rings. The Morgan fingerprint density at radius 3 is 2.80 bits per heavy atom. The van der Waals surface area contributed by atoms with E-state index >= 15 is 0 Å². The second-order valence-electron chi connectivity index (χ2n) is 5.12. The number of benzene rings is 1. The fraction of sp³-hybridized carbons (Fsp3) is 0.533. The first kappa shape index (κ1) is 15.7. The molecule has 20 heavy (non-hydrogen) atoms. The molecule has 3 nitrogen and oxygen atoms in total. The number of hydrogen-bond donors (Lipinski definition) is 1. The summed E-state index contributed by atoms with van der Waals surface area (Å²) in [6.07, 6.45) is 3.24. The van der Waals surface area contributed by atoms with E-state index in [9.17, 15) is 4.79 Å². The Bertz CT molecular complexity index is 465. The molecular weight excluding hydrogens is 294 g/mol. The zero-order valence-electron chi connectivity index (χ0n) is 11.6. The van der Waals surface area contributed by atoms with Crippen LogP contribution in [0.1, 0.15) is 26.2 Å². The van der Waals surface area contributed by atoms with E-state index in [0.717, 1.165) is 41.5 Å². The number of carboxylic acids is 1. The zero-order chi connectivity index (χ0) is 14.5. The van der Waals surface area contributed by atoms with Crippen molar-refractivity contribution in [2.75, 3.05) is 12.3 Å². The molecule has 0 radical (unpaired) electrons. The van der Waals surface area contributed by atoms with Gasteiger partial charge in [0.2, 0.25) is 0 Å². The van der Waals surface area contributed by atoms with Crippen LogP contribution in [-0.2, 0) is 4.79 Å². The zero-order valence-corrected chi connectivity index (χ0v) is 13.2. The van der Waals surface area contributed by atoms with Crippen LogP contribution in [0.4, 0.5) is 0 Å². The predicted octanol–water partition coefficient (Wildman–Crippen LogP) is 3.76. The minimum absolute atomic E-state index is 0.382. The number of aliphatic carboxylic acids is 1. The van der Waals surface area contributed by atoms with Gasteiger partial charge in [0.25, 0.3) is 0 Å². The van der Waals surface area contributed by atoms with Crippen molar-refractivity contribution in [3.05, 3.63) is 29.3 Å². The van der Waals surface area contributed by atoms with Gasteiger partial charge < -0.3 is 5.11 Å². The minimum Gasteiger partial charge on any atom is -0.480 e. The highest BCUT2D eigenvalue weighted by Gasteiger charge is 2.34. The minimum atomic E-state index is -0.726. The lowest BCUT2D eigenvalue weighted by Crippen LogP contribution is -2.41. The fourth-order valence-electron chi connectivity index (χ4n) is 2.23. The summed E-state index contributed by atoms with van der Waals surface area (Å²) in [4.78, 5) is 14.3. The molecule has 0 aromatic heterocycles. The largest absolute Gasteiger partial charge is 0.480 e. The fourth-order valence-corrected chi connectivity index (χ4v) is 3.40. The van der Waals surface area contributed by atoms with Crippen molar-refractivity contribution in [3.8, 4) is 0 Å². The molecule has 1 unspecified atom stereocenters. The molecule has 1 aromatic rings. The van der Waals surface area contributed by atoms with E-state index in [1.165, 1.54) is 0 Å². The standard InChI is InChI=1S/C15H20ClNO2S/c1-11(15(18)19)17(12-7-8-12)9-4-10-20-14-6-3-2-5-13(14)16/h2-3,5-6,11-12H,4,7-10H2,1H3,(H,18,19). The molecule has 1 saturated carbocycles. The van der Waals surface area contributed by atoms with Crippen molar-refractivity contribution in [2.45, 2.75) is 43.2 Å². The van der Waals surface area contributed by atoms with Crippen LogP contribution in [0.2, 0.25) is 5.02 Å². The van der Waals surface area contributed by atoms with Crippen molar-refractivity contribution in [1.82, 2.24) is 4.90 Å². The van der Waals surface area contributed by atoms with Gasteiger partial charge in [-0.1, -0.05) is 23.7 Å². The van der Waals surface area contributed by atoms with E-state index in [-0.39, 0.29) is 6.04 Å². The average Bonchev–Trinajstić information content (AvgIpc) is 3.24. The normalized spacial score (nSPS) is 16.4. The molecule has 0 amide bonds. The summed E-state index contributed by atoms with van der Waals surface area (Å²) in [7, 11) is 0. The molecule has 1 atom stereocenters. The number of thioether (sulfide) groups is 1. The van der Waals surface area contributed by atoms with Gasteiger partial charge in [0.1, 0.15) is 6.04 Å². The molecule has 1 aromatic carbocycles. The molecular formula is C15H20ClNO2S. The molecule has 1 aliphatic carbocycles.